The van der Waals surface area contributed by atoms with Crippen molar-refractivity contribution in [1.82, 2.24) is 5.32 Å². The Morgan fingerprint density at radius 2 is 1.86 bits per heavy atom. The SMILES string of the molecule is O=C(O)CCCCCCNC(=O)c1cc2ccccc2s1. The molecule has 0 unspecified atom stereocenters. The van der Waals surface area contributed by atoms with E-state index in [1.165, 1.54) is 11.3 Å². The molecule has 1 amide bonds. The zero-order chi connectivity index (χ0) is 15.1. The second kappa shape index (κ2) is 7.78. The number of fused-ring (bicyclic) bond motifs is 1. The van der Waals surface area contributed by atoms with Crippen LogP contribution in [0, 0.1) is 0 Å². The number of hydrogen-bond donors (Lipinski definition) is 2. The van der Waals surface area contributed by atoms with Crippen molar-refractivity contribution in [1.29, 1.82) is 0 Å². The minimum absolute atomic E-state index is 0.0262. The molecule has 0 aliphatic rings. The first-order chi connectivity index (χ1) is 10.2. The largest absolute Gasteiger partial charge is 0.481 e. The normalized spacial score (nSPS) is 10.7. The van der Waals surface area contributed by atoms with Crippen molar-refractivity contribution in [2.75, 3.05) is 6.54 Å². The number of unbranched alkanes of at least 4 members (excludes halogenated alkanes) is 3. The molecule has 0 saturated carbocycles. The molecule has 0 bridgehead atoms. The van der Waals surface area contributed by atoms with E-state index in [-0.39, 0.29) is 12.3 Å². The van der Waals surface area contributed by atoms with Gasteiger partial charge in [-0.2, -0.15) is 0 Å². The number of nitrogens with one attached hydrogen (secondary N) is 1. The van der Waals surface area contributed by atoms with Crippen LogP contribution < -0.4 is 5.32 Å². The molecule has 112 valence electrons. The molecule has 2 aromatic rings. The predicted octanol–water partition coefficient (Wildman–Crippen LogP) is 3.67. The van der Waals surface area contributed by atoms with Gasteiger partial charge in [0.1, 0.15) is 0 Å². The molecule has 4 nitrogen and oxygen atoms in total. The molecule has 0 saturated heterocycles. The van der Waals surface area contributed by atoms with E-state index in [0.29, 0.717) is 13.0 Å². The highest BCUT2D eigenvalue weighted by molar-refractivity contribution is 7.20. The van der Waals surface area contributed by atoms with Gasteiger partial charge in [-0.3, -0.25) is 9.59 Å². The third kappa shape index (κ3) is 4.86. The summed E-state index contributed by atoms with van der Waals surface area (Å²) in [6.45, 7) is 0.639. The lowest BCUT2D eigenvalue weighted by Crippen LogP contribution is -2.23. The number of hydrogen-bond acceptors (Lipinski definition) is 3. The first-order valence-electron chi connectivity index (χ1n) is 7.15. The van der Waals surface area contributed by atoms with Crippen LogP contribution in [0.1, 0.15) is 41.8 Å². The van der Waals surface area contributed by atoms with Crippen LogP contribution >= 0.6 is 11.3 Å². The Bertz CT molecular complexity index is 588. The molecule has 5 heteroatoms. The van der Waals surface area contributed by atoms with Crippen molar-refractivity contribution >= 4 is 33.3 Å². The van der Waals surface area contributed by atoms with Crippen LogP contribution in [0.2, 0.25) is 0 Å². The van der Waals surface area contributed by atoms with Crippen molar-refractivity contribution in [3.8, 4) is 0 Å². The van der Waals surface area contributed by atoms with E-state index in [2.05, 4.69) is 5.32 Å². The van der Waals surface area contributed by atoms with Gasteiger partial charge in [0.15, 0.2) is 0 Å². The van der Waals surface area contributed by atoms with Crippen LogP contribution in [0.5, 0.6) is 0 Å². The van der Waals surface area contributed by atoms with Gasteiger partial charge in [-0.1, -0.05) is 31.0 Å². The summed E-state index contributed by atoms with van der Waals surface area (Å²) in [5.74, 6) is -0.769. The number of carbonyl (C=O) groups excluding carboxylic acids is 1. The lowest BCUT2D eigenvalue weighted by Gasteiger charge is -2.03. The van der Waals surface area contributed by atoms with E-state index in [9.17, 15) is 9.59 Å². The van der Waals surface area contributed by atoms with Gasteiger partial charge in [0.05, 0.1) is 4.88 Å². The van der Waals surface area contributed by atoms with E-state index < -0.39 is 5.97 Å². The molecule has 2 N–H and O–H groups in total. The van der Waals surface area contributed by atoms with Crippen molar-refractivity contribution in [2.24, 2.45) is 0 Å². The summed E-state index contributed by atoms with van der Waals surface area (Å²) in [7, 11) is 0. The number of benzene rings is 1. The molecule has 2 rings (SSSR count). The Balaban J connectivity index is 1.69. The molecule has 0 aliphatic heterocycles. The maximum absolute atomic E-state index is 12.0. The summed E-state index contributed by atoms with van der Waals surface area (Å²) in [4.78, 5) is 23.1. The summed E-state index contributed by atoms with van der Waals surface area (Å²) in [6.07, 6.45) is 3.66. The smallest absolute Gasteiger partial charge is 0.303 e. The topological polar surface area (TPSA) is 66.4 Å². The van der Waals surface area contributed by atoms with Gasteiger partial charge in [0, 0.05) is 17.7 Å². The molecule has 1 heterocycles. The third-order valence-corrected chi connectivity index (χ3v) is 4.37. The third-order valence-electron chi connectivity index (χ3n) is 3.25. The Labute approximate surface area is 127 Å². The molecule has 0 radical (unpaired) electrons. The average molecular weight is 305 g/mol. The lowest BCUT2D eigenvalue weighted by atomic mass is 10.1. The number of thiophene rings is 1. The Kier molecular flexibility index (Phi) is 5.75. The summed E-state index contributed by atoms with van der Waals surface area (Å²) in [5, 5.41) is 12.5. The van der Waals surface area contributed by atoms with Crippen molar-refractivity contribution in [3.05, 3.63) is 35.2 Å². The summed E-state index contributed by atoms with van der Waals surface area (Å²) in [5.41, 5.74) is 0. The van der Waals surface area contributed by atoms with E-state index in [0.717, 1.165) is 34.2 Å². The number of carboxylic acid groups (broad SMARTS) is 1. The Hall–Kier alpha value is -1.88. The van der Waals surface area contributed by atoms with Crippen LogP contribution in [0.15, 0.2) is 30.3 Å². The number of rotatable bonds is 8. The van der Waals surface area contributed by atoms with Crippen LogP contribution in [-0.2, 0) is 4.79 Å². The first kappa shape index (κ1) is 15.5. The number of amides is 1. The number of carboxylic acids is 1. The fourth-order valence-corrected chi connectivity index (χ4v) is 3.12. The molecule has 0 fully saturated rings. The monoisotopic (exact) mass is 305 g/mol. The maximum atomic E-state index is 12.0. The zero-order valence-corrected chi connectivity index (χ0v) is 12.6. The van der Waals surface area contributed by atoms with Crippen LogP contribution in [0.25, 0.3) is 10.1 Å². The molecule has 21 heavy (non-hydrogen) atoms. The maximum Gasteiger partial charge on any atom is 0.303 e. The summed E-state index contributed by atoms with van der Waals surface area (Å²) in [6, 6.07) is 9.87. The second-order valence-electron chi connectivity index (χ2n) is 4.96. The standard InChI is InChI=1S/C16H19NO3S/c18-15(19)9-3-1-2-6-10-17-16(20)14-11-12-7-4-5-8-13(12)21-14/h4-5,7-8,11H,1-3,6,9-10H2,(H,17,20)(H,18,19). The molecule has 0 aliphatic carbocycles. The minimum Gasteiger partial charge on any atom is -0.481 e. The molecule has 1 aromatic carbocycles. The fraction of sp³-hybridized carbons (Fsp3) is 0.375. The Morgan fingerprint density at radius 1 is 1.10 bits per heavy atom. The van der Waals surface area contributed by atoms with Gasteiger partial charge < -0.3 is 10.4 Å². The minimum atomic E-state index is -0.743. The molecular formula is C16H19NO3S. The van der Waals surface area contributed by atoms with E-state index in [1.54, 1.807) is 0 Å². The second-order valence-corrected chi connectivity index (χ2v) is 6.05. The fourth-order valence-electron chi connectivity index (χ4n) is 2.14. The van der Waals surface area contributed by atoms with Crippen molar-refractivity contribution in [2.45, 2.75) is 32.1 Å². The highest BCUT2D eigenvalue weighted by atomic mass is 32.1. The number of carbonyl (C=O) groups is 2. The summed E-state index contributed by atoms with van der Waals surface area (Å²) < 4.78 is 1.12. The molecule has 0 spiro atoms. The van der Waals surface area contributed by atoms with Crippen LogP contribution in [0.4, 0.5) is 0 Å². The first-order valence-corrected chi connectivity index (χ1v) is 7.97. The van der Waals surface area contributed by atoms with Gasteiger partial charge in [-0.05, 0) is 30.4 Å². The quantitative estimate of drug-likeness (QED) is 0.731. The molecule has 0 atom stereocenters. The van der Waals surface area contributed by atoms with Crippen molar-refractivity contribution in [3.63, 3.8) is 0 Å². The Morgan fingerprint density at radius 3 is 2.62 bits per heavy atom. The molecular weight excluding hydrogens is 286 g/mol. The van der Waals surface area contributed by atoms with Gasteiger partial charge in [-0.25, -0.2) is 0 Å². The highest BCUT2D eigenvalue weighted by Gasteiger charge is 2.09. The van der Waals surface area contributed by atoms with E-state index in [4.69, 9.17) is 5.11 Å². The van der Waals surface area contributed by atoms with E-state index >= 15 is 0 Å². The van der Waals surface area contributed by atoms with Crippen LogP contribution in [-0.4, -0.2) is 23.5 Å². The lowest BCUT2D eigenvalue weighted by molar-refractivity contribution is -0.137. The zero-order valence-electron chi connectivity index (χ0n) is 11.8. The van der Waals surface area contributed by atoms with Gasteiger partial charge in [0.2, 0.25) is 0 Å². The summed E-state index contributed by atoms with van der Waals surface area (Å²) >= 11 is 1.50. The van der Waals surface area contributed by atoms with Crippen LogP contribution in [0.3, 0.4) is 0 Å². The van der Waals surface area contributed by atoms with Gasteiger partial charge in [-0.15, -0.1) is 11.3 Å². The average Bonchev–Trinajstić information content (AvgIpc) is 2.89. The number of aliphatic carboxylic acids is 1. The van der Waals surface area contributed by atoms with Crippen molar-refractivity contribution < 1.29 is 14.7 Å². The van der Waals surface area contributed by atoms with Gasteiger partial charge in [0.25, 0.3) is 5.91 Å². The van der Waals surface area contributed by atoms with Gasteiger partial charge >= 0.3 is 5.97 Å². The highest BCUT2D eigenvalue weighted by Crippen LogP contribution is 2.24. The molecule has 1 aromatic heterocycles. The predicted molar refractivity (Wildman–Crippen MR) is 84.9 cm³/mol. The van der Waals surface area contributed by atoms with E-state index in [1.807, 2.05) is 30.3 Å².